The minimum atomic E-state index is -2.62. The molecule has 0 aromatic heterocycles. The first kappa shape index (κ1) is 16.7. The molecule has 0 aliphatic rings. The van der Waals surface area contributed by atoms with Gasteiger partial charge in [-0.25, -0.2) is 0 Å². The molecule has 118 valence electrons. The van der Waals surface area contributed by atoms with Gasteiger partial charge in [-0.05, 0) is 22.8 Å². The highest BCUT2D eigenvalue weighted by Crippen LogP contribution is 2.40. The second-order valence-corrected chi connectivity index (χ2v) is 8.69. The molecule has 2 aromatic carbocycles. The highest BCUT2D eigenvalue weighted by atomic mass is 31.2. The number of hydrogen-bond acceptors (Lipinski definition) is 2. The molecule has 0 radical (unpaired) electrons. The van der Waals surface area contributed by atoms with E-state index in [-0.39, 0.29) is 0 Å². The molecule has 0 aliphatic heterocycles. The van der Waals surface area contributed by atoms with Crippen molar-refractivity contribution in [3.63, 3.8) is 0 Å². The molecule has 2 aromatic rings. The van der Waals surface area contributed by atoms with Crippen LogP contribution < -0.4 is 5.09 Å². The Morgan fingerprint density at radius 2 is 1.77 bits per heavy atom. The van der Waals surface area contributed by atoms with E-state index >= 15 is 0 Å². The molecule has 0 amide bonds. The molecule has 4 nitrogen and oxygen atoms in total. The molecule has 5 heteroatoms. The fraction of sp³-hybridized carbons (Fsp3) is 0.353. The van der Waals surface area contributed by atoms with Gasteiger partial charge in [-0.1, -0.05) is 56.3 Å². The van der Waals surface area contributed by atoms with Crippen LogP contribution in [-0.4, -0.2) is 29.4 Å². The summed E-state index contributed by atoms with van der Waals surface area (Å²) in [6, 6.07) is 12.9. The minimum absolute atomic E-state index is 0.320. The van der Waals surface area contributed by atoms with Crippen LogP contribution in [0.5, 0.6) is 0 Å². The summed E-state index contributed by atoms with van der Waals surface area (Å²) in [6.45, 7) is 3.65. The van der Waals surface area contributed by atoms with Gasteiger partial charge in [0.05, 0.1) is 0 Å². The van der Waals surface area contributed by atoms with Gasteiger partial charge >= 0.3 is 5.97 Å². The van der Waals surface area contributed by atoms with E-state index < -0.39 is 19.3 Å². The van der Waals surface area contributed by atoms with Crippen molar-refractivity contribution in [3.8, 4) is 0 Å². The van der Waals surface area contributed by atoms with Gasteiger partial charge < -0.3 is 9.67 Å². The Bertz CT molecular complexity index is 701. The topological polar surface area (TPSA) is 66.4 Å². The SMILES string of the molecule is CCP(=O)(CC)NC(Cc1cccc2ccccc12)C(=O)O. The predicted octanol–water partition coefficient (Wildman–Crippen LogP) is 3.74. The summed E-state index contributed by atoms with van der Waals surface area (Å²) in [5.41, 5.74) is 0.955. The fourth-order valence-corrected chi connectivity index (χ4v) is 4.15. The van der Waals surface area contributed by atoms with Crippen LogP contribution in [0.3, 0.4) is 0 Å². The molecular formula is C17H22NO3P. The van der Waals surface area contributed by atoms with Crippen LogP contribution in [0.15, 0.2) is 42.5 Å². The molecular weight excluding hydrogens is 297 g/mol. The maximum Gasteiger partial charge on any atom is 0.321 e. The lowest BCUT2D eigenvalue weighted by Crippen LogP contribution is -2.37. The highest BCUT2D eigenvalue weighted by Gasteiger charge is 2.27. The van der Waals surface area contributed by atoms with Gasteiger partial charge in [0.1, 0.15) is 13.3 Å². The largest absolute Gasteiger partial charge is 0.480 e. The van der Waals surface area contributed by atoms with E-state index in [1.165, 1.54) is 0 Å². The monoisotopic (exact) mass is 319 g/mol. The van der Waals surface area contributed by atoms with Gasteiger partial charge in [-0.2, -0.15) is 0 Å². The van der Waals surface area contributed by atoms with Crippen LogP contribution in [0.2, 0.25) is 0 Å². The second kappa shape index (κ2) is 7.08. The Balaban J connectivity index is 2.31. The number of nitrogens with one attached hydrogen (secondary N) is 1. The van der Waals surface area contributed by atoms with Gasteiger partial charge in [0.2, 0.25) is 0 Å². The molecule has 0 saturated carbocycles. The number of rotatable bonds is 7. The Morgan fingerprint density at radius 3 is 2.41 bits per heavy atom. The number of aliphatic carboxylic acids is 1. The van der Waals surface area contributed by atoms with Crippen molar-refractivity contribution in [3.05, 3.63) is 48.0 Å². The molecule has 0 bridgehead atoms. The standard InChI is InChI=1S/C17H22NO3P/c1-3-22(21,4-2)18-16(17(19)20)12-14-10-7-9-13-8-5-6-11-15(13)14/h5-11,16H,3-4,12H2,1-2H3,(H,18,21)(H,19,20). The van der Waals surface area contributed by atoms with E-state index in [9.17, 15) is 14.5 Å². The van der Waals surface area contributed by atoms with Gasteiger partial charge in [0.25, 0.3) is 0 Å². The number of hydrogen-bond donors (Lipinski definition) is 2. The van der Waals surface area contributed by atoms with E-state index in [0.717, 1.165) is 16.3 Å². The third-order valence-electron chi connectivity index (χ3n) is 4.01. The van der Waals surface area contributed by atoms with E-state index in [2.05, 4.69) is 5.09 Å². The summed E-state index contributed by atoms with van der Waals surface area (Å²) in [4.78, 5) is 11.6. The van der Waals surface area contributed by atoms with Crippen molar-refractivity contribution in [2.45, 2.75) is 26.3 Å². The minimum Gasteiger partial charge on any atom is -0.480 e. The zero-order chi connectivity index (χ0) is 16.2. The van der Waals surface area contributed by atoms with Crippen molar-refractivity contribution in [2.75, 3.05) is 12.3 Å². The molecule has 22 heavy (non-hydrogen) atoms. The molecule has 0 aliphatic carbocycles. The first-order valence-corrected chi connectivity index (χ1v) is 9.62. The molecule has 0 saturated heterocycles. The number of carbonyl (C=O) groups is 1. The lowest BCUT2D eigenvalue weighted by molar-refractivity contribution is -0.138. The van der Waals surface area contributed by atoms with Crippen molar-refractivity contribution in [2.24, 2.45) is 0 Å². The van der Waals surface area contributed by atoms with E-state index in [0.29, 0.717) is 18.7 Å². The summed E-state index contributed by atoms with van der Waals surface area (Å²) in [5, 5.41) is 14.5. The molecule has 0 fully saturated rings. The second-order valence-electron chi connectivity index (χ2n) is 5.38. The molecule has 1 atom stereocenters. The van der Waals surface area contributed by atoms with E-state index in [4.69, 9.17) is 0 Å². The van der Waals surface area contributed by atoms with Crippen LogP contribution in [-0.2, 0) is 15.8 Å². The van der Waals surface area contributed by atoms with Crippen LogP contribution >= 0.6 is 7.29 Å². The molecule has 1 unspecified atom stereocenters. The summed E-state index contributed by atoms with van der Waals surface area (Å²) in [6.07, 6.45) is 1.24. The van der Waals surface area contributed by atoms with Gasteiger partial charge in [0.15, 0.2) is 0 Å². The number of carboxylic acid groups (broad SMARTS) is 1. The third kappa shape index (κ3) is 3.76. The Kier molecular flexibility index (Phi) is 5.38. The van der Waals surface area contributed by atoms with E-state index in [1.807, 2.05) is 56.3 Å². The van der Waals surface area contributed by atoms with Gasteiger partial charge in [-0.15, -0.1) is 0 Å². The maximum atomic E-state index is 12.5. The number of benzene rings is 2. The first-order chi connectivity index (χ1) is 10.5. The van der Waals surface area contributed by atoms with Crippen molar-refractivity contribution in [1.82, 2.24) is 5.09 Å². The fourth-order valence-electron chi connectivity index (χ4n) is 2.57. The number of fused-ring (bicyclic) bond motifs is 1. The normalized spacial score (nSPS) is 13.2. The Hall–Kier alpha value is -1.64. The molecule has 0 spiro atoms. The summed E-state index contributed by atoms with van der Waals surface area (Å²) in [7, 11) is -2.62. The lowest BCUT2D eigenvalue weighted by Gasteiger charge is -2.22. The zero-order valence-corrected chi connectivity index (χ0v) is 13.8. The van der Waals surface area contributed by atoms with Gasteiger partial charge in [-0.3, -0.25) is 9.88 Å². The third-order valence-corrected chi connectivity index (χ3v) is 6.84. The summed E-state index contributed by atoms with van der Waals surface area (Å²) >= 11 is 0. The quantitative estimate of drug-likeness (QED) is 0.763. The smallest absolute Gasteiger partial charge is 0.321 e. The molecule has 0 heterocycles. The van der Waals surface area contributed by atoms with Crippen molar-refractivity contribution in [1.29, 1.82) is 0 Å². The molecule has 2 N–H and O–H groups in total. The first-order valence-electron chi connectivity index (χ1n) is 7.54. The predicted molar refractivity (Wildman–Crippen MR) is 90.9 cm³/mol. The van der Waals surface area contributed by atoms with E-state index in [1.54, 1.807) is 0 Å². The van der Waals surface area contributed by atoms with Crippen molar-refractivity contribution < 1.29 is 14.5 Å². The summed E-state index contributed by atoms with van der Waals surface area (Å²) in [5.74, 6) is -0.963. The average Bonchev–Trinajstić information content (AvgIpc) is 2.54. The van der Waals surface area contributed by atoms with Crippen LogP contribution in [0, 0.1) is 0 Å². The average molecular weight is 319 g/mol. The van der Waals surface area contributed by atoms with Gasteiger partial charge in [0, 0.05) is 12.3 Å². The maximum absolute atomic E-state index is 12.5. The van der Waals surface area contributed by atoms with Crippen LogP contribution in [0.1, 0.15) is 19.4 Å². The van der Waals surface area contributed by atoms with Crippen LogP contribution in [0.4, 0.5) is 0 Å². The lowest BCUT2D eigenvalue weighted by atomic mass is 9.99. The molecule has 2 rings (SSSR count). The Labute approximate surface area is 131 Å². The van der Waals surface area contributed by atoms with Crippen LogP contribution in [0.25, 0.3) is 10.8 Å². The summed E-state index contributed by atoms with van der Waals surface area (Å²) < 4.78 is 12.5. The Morgan fingerprint density at radius 1 is 1.14 bits per heavy atom. The van der Waals surface area contributed by atoms with Crippen molar-refractivity contribution >= 4 is 24.0 Å². The zero-order valence-electron chi connectivity index (χ0n) is 13.0. The number of carboxylic acids is 1. The highest BCUT2D eigenvalue weighted by molar-refractivity contribution is 7.61.